The number of furan rings is 1. The van der Waals surface area contributed by atoms with Gasteiger partial charge in [-0.05, 0) is 38.1 Å². The summed E-state index contributed by atoms with van der Waals surface area (Å²) in [5, 5.41) is 16.2. The lowest BCUT2D eigenvalue weighted by Crippen LogP contribution is -2.12. The number of nitrogens with zero attached hydrogens (tertiary/aromatic N) is 2. The van der Waals surface area contributed by atoms with Gasteiger partial charge in [0.15, 0.2) is 0 Å². The number of carboxylic acid groups (broad SMARTS) is 1. The first-order chi connectivity index (χ1) is 12.8. The van der Waals surface area contributed by atoms with Crippen molar-refractivity contribution in [1.29, 1.82) is 0 Å². The van der Waals surface area contributed by atoms with Crippen molar-refractivity contribution in [3.05, 3.63) is 64.9 Å². The molecule has 0 aliphatic heterocycles. The van der Waals surface area contributed by atoms with E-state index in [0.717, 1.165) is 5.76 Å². The molecule has 0 radical (unpaired) electrons. The van der Waals surface area contributed by atoms with Crippen molar-refractivity contribution in [2.75, 3.05) is 5.32 Å². The maximum absolute atomic E-state index is 12.6. The molecule has 2 heterocycles. The Labute approximate surface area is 156 Å². The zero-order valence-corrected chi connectivity index (χ0v) is 15.6. The number of aromatic nitrogens is 2. The van der Waals surface area contributed by atoms with Crippen molar-refractivity contribution in [2.45, 2.75) is 33.6 Å². The van der Waals surface area contributed by atoms with E-state index in [4.69, 9.17) is 4.42 Å². The zero-order chi connectivity index (χ0) is 19.7. The summed E-state index contributed by atoms with van der Waals surface area (Å²) in [5.74, 6) is 0.240. The topological polar surface area (TPSA) is 97.4 Å². The van der Waals surface area contributed by atoms with Crippen LogP contribution in [0.25, 0.3) is 5.69 Å². The Kier molecular flexibility index (Phi) is 4.85. The number of hydrogen-bond acceptors (Lipinski definition) is 4. The van der Waals surface area contributed by atoms with E-state index in [-0.39, 0.29) is 17.4 Å². The Morgan fingerprint density at radius 1 is 1.19 bits per heavy atom. The van der Waals surface area contributed by atoms with E-state index < -0.39 is 5.97 Å². The van der Waals surface area contributed by atoms with E-state index in [1.165, 1.54) is 10.9 Å². The highest BCUT2D eigenvalue weighted by atomic mass is 16.4. The lowest BCUT2D eigenvalue weighted by molar-refractivity contribution is 0.0696. The Morgan fingerprint density at radius 2 is 1.93 bits per heavy atom. The first-order valence-corrected chi connectivity index (χ1v) is 8.58. The molecule has 2 N–H and O–H groups in total. The molecule has 3 aromatic rings. The van der Waals surface area contributed by atoms with E-state index in [9.17, 15) is 14.7 Å². The number of aryl methyl sites for hydroxylation is 1. The minimum Gasteiger partial charge on any atom is -0.478 e. The Bertz CT molecular complexity index is 1010. The summed E-state index contributed by atoms with van der Waals surface area (Å²) in [7, 11) is 0. The number of carbonyl (C=O) groups excluding carboxylic acids is 1. The van der Waals surface area contributed by atoms with Gasteiger partial charge in [0.1, 0.15) is 17.1 Å². The number of benzene rings is 1. The Hall–Kier alpha value is -3.35. The lowest BCUT2D eigenvalue weighted by atomic mass is 10.1. The number of rotatable bonds is 5. The lowest BCUT2D eigenvalue weighted by Gasteiger charge is -2.09. The average Bonchev–Trinajstić information content (AvgIpc) is 3.18. The summed E-state index contributed by atoms with van der Waals surface area (Å²) < 4.78 is 7.17. The molecule has 1 amide bonds. The molecule has 0 aliphatic rings. The van der Waals surface area contributed by atoms with Gasteiger partial charge in [-0.2, -0.15) is 5.10 Å². The van der Waals surface area contributed by atoms with E-state index in [1.807, 2.05) is 13.8 Å². The third-order valence-corrected chi connectivity index (χ3v) is 4.34. The molecule has 140 valence electrons. The number of carboxylic acids is 1. The molecule has 2 aromatic heterocycles. The average molecular weight is 367 g/mol. The van der Waals surface area contributed by atoms with Crippen LogP contribution in [-0.2, 0) is 0 Å². The molecule has 0 spiro atoms. The van der Waals surface area contributed by atoms with Gasteiger partial charge in [0.05, 0.1) is 23.1 Å². The van der Waals surface area contributed by atoms with Crippen LogP contribution in [0.1, 0.15) is 57.7 Å². The second-order valence-electron chi connectivity index (χ2n) is 6.64. The predicted octanol–water partition coefficient (Wildman–Crippen LogP) is 4.16. The van der Waals surface area contributed by atoms with Gasteiger partial charge in [0.25, 0.3) is 5.91 Å². The number of aromatic carboxylic acids is 1. The third kappa shape index (κ3) is 3.62. The van der Waals surface area contributed by atoms with E-state index in [2.05, 4.69) is 10.4 Å². The Morgan fingerprint density at radius 3 is 2.52 bits per heavy atom. The highest BCUT2D eigenvalue weighted by molar-refractivity contribution is 6.05. The minimum atomic E-state index is -1.03. The van der Waals surface area contributed by atoms with Crippen molar-refractivity contribution in [3.8, 4) is 5.69 Å². The molecule has 0 saturated carbocycles. The van der Waals surface area contributed by atoms with Crippen LogP contribution in [0.3, 0.4) is 0 Å². The summed E-state index contributed by atoms with van der Waals surface area (Å²) in [4.78, 5) is 23.8. The molecule has 0 aliphatic carbocycles. The van der Waals surface area contributed by atoms with Crippen LogP contribution >= 0.6 is 0 Å². The van der Waals surface area contributed by atoms with Crippen molar-refractivity contribution in [2.24, 2.45) is 0 Å². The molecule has 0 unspecified atom stereocenters. The number of anilines is 1. The van der Waals surface area contributed by atoms with Gasteiger partial charge in [-0.1, -0.05) is 19.9 Å². The van der Waals surface area contributed by atoms with E-state index >= 15 is 0 Å². The second kappa shape index (κ2) is 7.11. The van der Waals surface area contributed by atoms with Crippen LogP contribution in [0.4, 0.5) is 5.69 Å². The number of nitrogens with one attached hydrogen (secondary N) is 1. The number of hydrogen-bond donors (Lipinski definition) is 2. The van der Waals surface area contributed by atoms with Crippen molar-refractivity contribution < 1.29 is 19.1 Å². The summed E-state index contributed by atoms with van der Waals surface area (Å²) in [6.07, 6.45) is 1.31. The number of amides is 1. The van der Waals surface area contributed by atoms with Gasteiger partial charge in [-0.15, -0.1) is 0 Å². The quantitative estimate of drug-likeness (QED) is 0.706. The summed E-state index contributed by atoms with van der Waals surface area (Å²) in [6, 6.07) is 8.82. The third-order valence-electron chi connectivity index (χ3n) is 4.34. The van der Waals surface area contributed by atoms with Gasteiger partial charge in [0.2, 0.25) is 0 Å². The molecule has 0 bridgehead atoms. The normalized spacial score (nSPS) is 11.0. The molecular weight excluding hydrogens is 346 g/mol. The summed E-state index contributed by atoms with van der Waals surface area (Å²) >= 11 is 0. The second-order valence-corrected chi connectivity index (χ2v) is 6.64. The highest BCUT2D eigenvalue weighted by Crippen LogP contribution is 2.23. The van der Waals surface area contributed by atoms with Gasteiger partial charge < -0.3 is 14.8 Å². The first kappa shape index (κ1) is 18.4. The first-order valence-electron chi connectivity index (χ1n) is 8.58. The van der Waals surface area contributed by atoms with Crippen molar-refractivity contribution in [1.82, 2.24) is 9.78 Å². The standard InChI is InChI=1S/C20H21N3O4/c1-11(2)18-9-16(13(4)27-18)19(24)22-14-6-5-7-15(8-14)23-12(3)17(10-21-23)20(25)26/h5-11H,1-4H3,(H,22,24)(H,25,26). The zero-order valence-electron chi connectivity index (χ0n) is 15.6. The van der Waals surface area contributed by atoms with Gasteiger partial charge in [-0.25, -0.2) is 9.48 Å². The Balaban J connectivity index is 1.86. The molecular formula is C20H21N3O4. The van der Waals surface area contributed by atoms with Gasteiger partial charge >= 0.3 is 5.97 Å². The fourth-order valence-electron chi connectivity index (χ4n) is 2.81. The van der Waals surface area contributed by atoms with E-state index in [1.54, 1.807) is 44.2 Å². The van der Waals surface area contributed by atoms with Gasteiger partial charge in [0, 0.05) is 11.6 Å². The van der Waals surface area contributed by atoms with E-state index in [0.29, 0.717) is 28.4 Å². The highest BCUT2D eigenvalue weighted by Gasteiger charge is 2.18. The van der Waals surface area contributed by atoms with Crippen LogP contribution in [0, 0.1) is 13.8 Å². The molecule has 7 nitrogen and oxygen atoms in total. The maximum Gasteiger partial charge on any atom is 0.339 e. The van der Waals surface area contributed by atoms with Gasteiger partial charge in [-0.3, -0.25) is 4.79 Å². The van der Waals surface area contributed by atoms with Crippen molar-refractivity contribution in [3.63, 3.8) is 0 Å². The molecule has 3 rings (SSSR count). The molecule has 0 saturated heterocycles. The largest absolute Gasteiger partial charge is 0.478 e. The maximum atomic E-state index is 12.6. The van der Waals surface area contributed by atoms with Crippen LogP contribution in [0.5, 0.6) is 0 Å². The number of carbonyl (C=O) groups is 2. The van der Waals surface area contributed by atoms with Crippen LogP contribution in [0.2, 0.25) is 0 Å². The van der Waals surface area contributed by atoms with Crippen molar-refractivity contribution >= 4 is 17.6 Å². The van der Waals surface area contributed by atoms with Crippen LogP contribution < -0.4 is 5.32 Å². The molecule has 0 fully saturated rings. The minimum absolute atomic E-state index is 0.139. The monoisotopic (exact) mass is 367 g/mol. The SMILES string of the molecule is Cc1oc(C(C)C)cc1C(=O)Nc1cccc(-n2ncc(C(=O)O)c2C)c1. The summed E-state index contributed by atoms with van der Waals surface area (Å²) in [6.45, 7) is 7.45. The molecule has 7 heteroatoms. The van der Waals surface area contributed by atoms with Crippen LogP contribution in [-0.4, -0.2) is 26.8 Å². The fourth-order valence-corrected chi connectivity index (χ4v) is 2.81. The molecule has 0 atom stereocenters. The fraction of sp³-hybridized carbons (Fsp3) is 0.250. The van der Waals surface area contributed by atoms with Crippen LogP contribution in [0.15, 0.2) is 40.9 Å². The predicted molar refractivity (Wildman–Crippen MR) is 101 cm³/mol. The smallest absolute Gasteiger partial charge is 0.339 e. The summed E-state index contributed by atoms with van der Waals surface area (Å²) in [5.41, 5.74) is 2.38. The molecule has 1 aromatic carbocycles. The molecule has 27 heavy (non-hydrogen) atoms.